The summed E-state index contributed by atoms with van der Waals surface area (Å²) in [7, 11) is 3.23. The van der Waals surface area contributed by atoms with Gasteiger partial charge < -0.3 is 24.6 Å². The van der Waals surface area contributed by atoms with E-state index in [9.17, 15) is 9.59 Å². The van der Waals surface area contributed by atoms with Crippen LogP contribution >= 0.6 is 0 Å². The monoisotopic (exact) mass is 397 g/mol. The average Bonchev–Trinajstić information content (AvgIpc) is 2.75. The number of amides is 2. The molecule has 0 aromatic heterocycles. The molecule has 1 aliphatic rings. The van der Waals surface area contributed by atoms with Crippen LogP contribution in [0.4, 0.5) is 11.4 Å². The summed E-state index contributed by atoms with van der Waals surface area (Å²) in [6.45, 7) is 3.20. The second-order valence-corrected chi connectivity index (χ2v) is 6.97. The summed E-state index contributed by atoms with van der Waals surface area (Å²) >= 11 is 0. The van der Waals surface area contributed by atoms with Crippen LogP contribution in [0.2, 0.25) is 0 Å². The van der Waals surface area contributed by atoms with Crippen molar-refractivity contribution in [3.63, 3.8) is 0 Å². The molecule has 0 aliphatic carbocycles. The van der Waals surface area contributed by atoms with E-state index in [4.69, 9.17) is 9.47 Å². The Bertz CT molecular complexity index is 815. The zero-order chi connectivity index (χ0) is 20.6. The summed E-state index contributed by atoms with van der Waals surface area (Å²) in [4.78, 5) is 28.4. The molecule has 2 aromatic carbocycles. The first kappa shape index (κ1) is 20.7. The van der Waals surface area contributed by atoms with Crippen molar-refractivity contribution in [3.8, 4) is 5.75 Å². The van der Waals surface area contributed by atoms with Crippen molar-refractivity contribution in [2.75, 3.05) is 57.2 Å². The number of carbonyl (C=O) groups is 2. The second-order valence-electron chi connectivity index (χ2n) is 6.97. The van der Waals surface area contributed by atoms with Crippen molar-refractivity contribution < 1.29 is 19.1 Å². The zero-order valence-electron chi connectivity index (χ0n) is 16.9. The molecule has 1 aliphatic heterocycles. The number of likely N-dealkylation sites (N-methyl/N-ethyl adjacent to an activating group) is 1. The van der Waals surface area contributed by atoms with Gasteiger partial charge in [0.1, 0.15) is 5.75 Å². The number of anilines is 2. The molecule has 2 amide bonds. The highest BCUT2D eigenvalue weighted by Crippen LogP contribution is 2.19. The first-order valence-electron chi connectivity index (χ1n) is 9.64. The fourth-order valence-corrected chi connectivity index (χ4v) is 3.13. The third kappa shape index (κ3) is 5.96. The predicted molar refractivity (Wildman–Crippen MR) is 112 cm³/mol. The van der Waals surface area contributed by atoms with Crippen LogP contribution in [0.5, 0.6) is 5.75 Å². The maximum Gasteiger partial charge on any atom is 0.243 e. The van der Waals surface area contributed by atoms with Gasteiger partial charge in [-0.25, -0.2) is 0 Å². The topological polar surface area (TPSA) is 71.1 Å². The number of hydrogen-bond donors (Lipinski definition) is 1. The maximum atomic E-state index is 12.4. The lowest BCUT2D eigenvalue weighted by molar-refractivity contribution is -0.132. The molecule has 2 aromatic rings. The van der Waals surface area contributed by atoms with Crippen LogP contribution in [-0.2, 0) is 20.7 Å². The van der Waals surface area contributed by atoms with E-state index < -0.39 is 0 Å². The summed E-state index contributed by atoms with van der Waals surface area (Å²) in [5.41, 5.74) is 2.70. The molecule has 29 heavy (non-hydrogen) atoms. The maximum absolute atomic E-state index is 12.4. The van der Waals surface area contributed by atoms with Gasteiger partial charge in [0.25, 0.3) is 0 Å². The third-order valence-electron chi connectivity index (χ3n) is 4.85. The third-order valence-corrected chi connectivity index (χ3v) is 4.85. The Balaban J connectivity index is 1.48. The molecule has 0 radical (unpaired) electrons. The molecule has 1 saturated heterocycles. The second kappa shape index (κ2) is 9.93. The van der Waals surface area contributed by atoms with E-state index in [1.165, 1.54) is 4.90 Å². The normalized spacial score (nSPS) is 13.7. The highest BCUT2D eigenvalue weighted by atomic mass is 16.5. The number of ether oxygens (including phenoxy) is 2. The first-order valence-corrected chi connectivity index (χ1v) is 9.64. The van der Waals surface area contributed by atoms with Crippen LogP contribution in [0.1, 0.15) is 5.56 Å². The van der Waals surface area contributed by atoms with Crippen molar-refractivity contribution >= 4 is 23.2 Å². The molecule has 7 heteroatoms. The zero-order valence-corrected chi connectivity index (χ0v) is 16.9. The number of nitrogens with one attached hydrogen (secondary N) is 1. The predicted octanol–water partition coefficient (Wildman–Crippen LogP) is 2.17. The van der Waals surface area contributed by atoms with E-state index in [2.05, 4.69) is 10.2 Å². The highest BCUT2D eigenvalue weighted by molar-refractivity contribution is 5.94. The molecular weight excluding hydrogens is 370 g/mol. The van der Waals surface area contributed by atoms with Crippen LogP contribution in [-0.4, -0.2) is 63.7 Å². The average molecular weight is 397 g/mol. The van der Waals surface area contributed by atoms with Crippen molar-refractivity contribution in [3.05, 3.63) is 54.1 Å². The number of methoxy groups -OCH3 is 1. The van der Waals surface area contributed by atoms with Crippen molar-refractivity contribution in [1.82, 2.24) is 4.90 Å². The van der Waals surface area contributed by atoms with Gasteiger partial charge >= 0.3 is 0 Å². The fraction of sp³-hybridized carbons (Fsp3) is 0.364. The van der Waals surface area contributed by atoms with Gasteiger partial charge in [-0.2, -0.15) is 0 Å². The quantitative estimate of drug-likeness (QED) is 0.775. The molecule has 154 valence electrons. The number of rotatable bonds is 7. The Morgan fingerprint density at radius 1 is 1.07 bits per heavy atom. The minimum absolute atomic E-state index is 0.000202. The molecular formula is C22H27N3O4. The smallest absolute Gasteiger partial charge is 0.243 e. The van der Waals surface area contributed by atoms with E-state index >= 15 is 0 Å². The Kier molecular flexibility index (Phi) is 7.08. The van der Waals surface area contributed by atoms with E-state index in [0.717, 1.165) is 43.3 Å². The molecule has 0 spiro atoms. The standard InChI is InChI=1S/C22H27N3O4/c1-24(22(27)15-17-3-9-20(28-2)10-4-17)16-21(26)23-18-5-7-19(8-6-18)25-11-13-29-14-12-25/h3-10H,11-16H2,1-2H3,(H,23,26). The minimum Gasteiger partial charge on any atom is -0.497 e. The molecule has 0 unspecified atom stereocenters. The molecule has 0 bridgehead atoms. The lowest BCUT2D eigenvalue weighted by Crippen LogP contribution is -2.36. The molecule has 1 fully saturated rings. The van der Waals surface area contributed by atoms with E-state index in [1.807, 2.05) is 48.5 Å². The van der Waals surface area contributed by atoms with E-state index in [-0.39, 0.29) is 24.8 Å². The van der Waals surface area contributed by atoms with Crippen LogP contribution in [0, 0.1) is 0 Å². The number of carbonyl (C=O) groups excluding carboxylic acids is 2. The molecule has 3 rings (SSSR count). The van der Waals surface area contributed by atoms with Crippen molar-refractivity contribution in [2.24, 2.45) is 0 Å². The lowest BCUT2D eigenvalue weighted by atomic mass is 10.1. The molecule has 1 N–H and O–H groups in total. The summed E-state index contributed by atoms with van der Waals surface area (Å²) in [5.74, 6) is 0.399. The minimum atomic E-state index is -0.227. The van der Waals surface area contributed by atoms with Gasteiger partial charge in [0.2, 0.25) is 11.8 Å². The highest BCUT2D eigenvalue weighted by Gasteiger charge is 2.15. The largest absolute Gasteiger partial charge is 0.497 e. The summed E-state index contributed by atoms with van der Waals surface area (Å²) < 4.78 is 10.5. The molecule has 7 nitrogen and oxygen atoms in total. The number of hydrogen-bond acceptors (Lipinski definition) is 5. The van der Waals surface area contributed by atoms with Gasteiger partial charge in [-0.15, -0.1) is 0 Å². The van der Waals surface area contributed by atoms with Gasteiger partial charge in [0.15, 0.2) is 0 Å². The Morgan fingerprint density at radius 3 is 2.34 bits per heavy atom. The Labute approximate surface area is 171 Å². The van der Waals surface area contributed by atoms with Crippen LogP contribution in [0.3, 0.4) is 0 Å². The van der Waals surface area contributed by atoms with Crippen LogP contribution in [0.15, 0.2) is 48.5 Å². The number of morpholine rings is 1. The number of benzene rings is 2. The van der Waals surface area contributed by atoms with E-state index in [1.54, 1.807) is 14.2 Å². The summed E-state index contributed by atoms with van der Waals surface area (Å²) in [6, 6.07) is 15.1. The Morgan fingerprint density at radius 2 is 1.72 bits per heavy atom. The van der Waals surface area contributed by atoms with Gasteiger partial charge in [-0.05, 0) is 42.0 Å². The van der Waals surface area contributed by atoms with Gasteiger partial charge in [-0.1, -0.05) is 12.1 Å². The Hall–Kier alpha value is -3.06. The SMILES string of the molecule is COc1ccc(CC(=O)N(C)CC(=O)Nc2ccc(N3CCOCC3)cc2)cc1. The van der Waals surface area contributed by atoms with Crippen molar-refractivity contribution in [1.29, 1.82) is 0 Å². The summed E-state index contributed by atoms with van der Waals surface area (Å²) in [6.07, 6.45) is 0.238. The summed E-state index contributed by atoms with van der Waals surface area (Å²) in [5, 5.41) is 2.84. The molecule has 0 atom stereocenters. The number of nitrogens with zero attached hydrogens (tertiary/aromatic N) is 2. The van der Waals surface area contributed by atoms with Gasteiger partial charge in [0, 0.05) is 31.5 Å². The van der Waals surface area contributed by atoms with Crippen molar-refractivity contribution in [2.45, 2.75) is 6.42 Å². The first-order chi connectivity index (χ1) is 14.0. The van der Waals surface area contributed by atoms with Gasteiger partial charge in [-0.3, -0.25) is 9.59 Å². The lowest BCUT2D eigenvalue weighted by Gasteiger charge is -2.28. The van der Waals surface area contributed by atoms with E-state index in [0.29, 0.717) is 5.69 Å². The fourth-order valence-electron chi connectivity index (χ4n) is 3.13. The molecule has 0 saturated carbocycles. The van der Waals surface area contributed by atoms with Crippen LogP contribution in [0.25, 0.3) is 0 Å². The van der Waals surface area contributed by atoms with Crippen LogP contribution < -0.4 is 15.0 Å². The van der Waals surface area contributed by atoms with Gasteiger partial charge in [0.05, 0.1) is 33.3 Å². The molecule has 1 heterocycles.